The van der Waals surface area contributed by atoms with Gasteiger partial charge in [0.2, 0.25) is 0 Å². The van der Waals surface area contributed by atoms with Crippen molar-refractivity contribution in [3.63, 3.8) is 0 Å². The van der Waals surface area contributed by atoms with Crippen LogP contribution in [0.25, 0.3) is 0 Å². The van der Waals surface area contributed by atoms with Crippen molar-refractivity contribution in [2.75, 3.05) is 0 Å². The Morgan fingerprint density at radius 1 is 1.67 bits per heavy atom. The lowest BCUT2D eigenvalue weighted by Gasteiger charge is -2.14. The maximum atomic E-state index is 10.8. The van der Waals surface area contributed by atoms with E-state index in [1.165, 1.54) is 6.92 Å². The van der Waals surface area contributed by atoms with Gasteiger partial charge in [0.1, 0.15) is 17.9 Å². The van der Waals surface area contributed by atoms with E-state index in [1.54, 1.807) is 18.2 Å². The van der Waals surface area contributed by atoms with Crippen LogP contribution in [0.3, 0.4) is 0 Å². The van der Waals surface area contributed by atoms with E-state index in [2.05, 4.69) is 4.98 Å². The highest BCUT2D eigenvalue weighted by atomic mass is 16.5. The monoisotopic (exact) mass is 204 g/mol. The second-order valence-electron chi connectivity index (χ2n) is 3.07. The van der Waals surface area contributed by atoms with Crippen LogP contribution in [0, 0.1) is 11.3 Å². The average Bonchev–Trinajstić information content (AvgIpc) is 2.25. The van der Waals surface area contributed by atoms with Gasteiger partial charge in [0.05, 0.1) is 5.69 Å². The second kappa shape index (κ2) is 5.11. The molecule has 1 aromatic rings. The summed E-state index contributed by atoms with van der Waals surface area (Å²) in [6.07, 6.45) is 0.275. The molecular weight excluding hydrogens is 192 g/mol. The molecule has 0 radical (unpaired) electrons. The Morgan fingerprint density at radius 2 is 2.40 bits per heavy atom. The molecule has 0 N–H and O–H groups in total. The lowest BCUT2D eigenvalue weighted by atomic mass is 10.1. The third kappa shape index (κ3) is 3.06. The molecule has 0 aromatic carbocycles. The highest BCUT2D eigenvalue weighted by Gasteiger charge is 2.13. The van der Waals surface area contributed by atoms with Gasteiger partial charge in [-0.15, -0.1) is 0 Å². The number of ether oxygens (including phenoxy) is 1. The van der Waals surface area contributed by atoms with Gasteiger partial charge in [-0.3, -0.25) is 4.79 Å². The summed E-state index contributed by atoms with van der Waals surface area (Å²) in [6, 6.07) is 7.04. The van der Waals surface area contributed by atoms with E-state index in [0.29, 0.717) is 17.8 Å². The minimum absolute atomic E-state index is 0.332. The third-order valence-corrected chi connectivity index (χ3v) is 1.89. The smallest absolute Gasteiger partial charge is 0.303 e. The van der Waals surface area contributed by atoms with E-state index in [9.17, 15) is 4.79 Å². The van der Waals surface area contributed by atoms with Crippen molar-refractivity contribution in [3.05, 3.63) is 29.6 Å². The predicted octanol–water partition coefficient (Wildman–Crippen LogP) is 1.97. The molecule has 1 rings (SSSR count). The molecule has 1 aromatic heterocycles. The first-order chi connectivity index (χ1) is 7.17. The molecule has 15 heavy (non-hydrogen) atoms. The number of esters is 1. The summed E-state index contributed by atoms with van der Waals surface area (Å²) in [7, 11) is 0. The van der Waals surface area contributed by atoms with E-state index < -0.39 is 0 Å². The number of nitrogens with zero attached hydrogens (tertiary/aromatic N) is 2. The molecule has 0 aliphatic carbocycles. The van der Waals surface area contributed by atoms with Gasteiger partial charge in [-0.05, 0) is 18.6 Å². The van der Waals surface area contributed by atoms with Crippen LogP contribution in [0.1, 0.15) is 37.8 Å². The van der Waals surface area contributed by atoms with Gasteiger partial charge in [-0.1, -0.05) is 13.0 Å². The third-order valence-electron chi connectivity index (χ3n) is 1.89. The lowest BCUT2D eigenvalue weighted by molar-refractivity contribution is -0.147. The molecule has 0 aliphatic heterocycles. The maximum absolute atomic E-state index is 10.8. The Kier molecular flexibility index (Phi) is 3.81. The number of pyridine rings is 1. The summed E-state index contributed by atoms with van der Waals surface area (Å²) in [5.41, 5.74) is 0.949. The van der Waals surface area contributed by atoms with Gasteiger partial charge in [-0.2, -0.15) is 5.26 Å². The Labute approximate surface area is 88.5 Å². The van der Waals surface area contributed by atoms with Gasteiger partial charge >= 0.3 is 5.97 Å². The van der Waals surface area contributed by atoms with Gasteiger partial charge < -0.3 is 4.74 Å². The largest absolute Gasteiger partial charge is 0.456 e. The normalized spacial score (nSPS) is 11.5. The van der Waals surface area contributed by atoms with Crippen molar-refractivity contribution in [2.24, 2.45) is 0 Å². The molecule has 0 aliphatic rings. The maximum Gasteiger partial charge on any atom is 0.303 e. The van der Waals surface area contributed by atoms with Gasteiger partial charge in [0, 0.05) is 6.92 Å². The van der Waals surface area contributed by atoms with Gasteiger partial charge in [0.15, 0.2) is 0 Å². The molecule has 0 saturated heterocycles. The zero-order valence-corrected chi connectivity index (χ0v) is 8.73. The number of carbonyl (C=O) groups is 1. The SMILES string of the molecule is CCC(OC(C)=O)c1cccc(C#N)n1. The summed E-state index contributed by atoms with van der Waals surface area (Å²) in [5, 5.41) is 8.68. The topological polar surface area (TPSA) is 63.0 Å². The van der Waals surface area contributed by atoms with Crippen LogP contribution in [-0.4, -0.2) is 11.0 Å². The van der Waals surface area contributed by atoms with Crippen LogP contribution in [0.4, 0.5) is 0 Å². The van der Waals surface area contributed by atoms with Crippen molar-refractivity contribution in [1.29, 1.82) is 5.26 Å². The molecule has 1 heterocycles. The summed E-state index contributed by atoms with van der Waals surface area (Å²) in [5.74, 6) is -0.342. The quantitative estimate of drug-likeness (QED) is 0.706. The molecule has 0 saturated carbocycles. The van der Waals surface area contributed by atoms with E-state index in [0.717, 1.165) is 0 Å². The van der Waals surface area contributed by atoms with Gasteiger partial charge in [0.25, 0.3) is 0 Å². The molecule has 0 spiro atoms. The molecule has 0 amide bonds. The standard InChI is InChI=1S/C11H12N2O2/c1-3-11(15-8(2)14)10-6-4-5-9(7-12)13-10/h4-6,11H,3H2,1-2H3. The van der Waals surface area contributed by atoms with Crippen molar-refractivity contribution >= 4 is 5.97 Å². The number of rotatable bonds is 3. The molecule has 1 atom stereocenters. The molecule has 4 nitrogen and oxygen atoms in total. The zero-order valence-electron chi connectivity index (χ0n) is 8.73. The Balaban J connectivity index is 2.92. The van der Waals surface area contributed by atoms with Crippen molar-refractivity contribution < 1.29 is 9.53 Å². The van der Waals surface area contributed by atoms with Crippen LogP contribution in [0.5, 0.6) is 0 Å². The second-order valence-corrected chi connectivity index (χ2v) is 3.07. The number of hydrogen-bond acceptors (Lipinski definition) is 4. The minimum Gasteiger partial charge on any atom is -0.456 e. The number of carbonyl (C=O) groups excluding carboxylic acids is 1. The predicted molar refractivity (Wildman–Crippen MR) is 53.8 cm³/mol. The van der Waals surface area contributed by atoms with Crippen LogP contribution in [0.15, 0.2) is 18.2 Å². The highest BCUT2D eigenvalue weighted by Crippen LogP contribution is 2.19. The van der Waals surface area contributed by atoms with Crippen molar-refractivity contribution in [3.8, 4) is 6.07 Å². The Bertz CT molecular complexity index is 396. The fourth-order valence-corrected chi connectivity index (χ4v) is 1.25. The lowest BCUT2D eigenvalue weighted by Crippen LogP contribution is -2.09. The average molecular weight is 204 g/mol. The molecule has 1 unspecified atom stereocenters. The first-order valence-corrected chi connectivity index (χ1v) is 4.71. The van der Waals surface area contributed by atoms with E-state index >= 15 is 0 Å². The minimum atomic E-state index is -0.365. The molecule has 78 valence electrons. The highest BCUT2D eigenvalue weighted by molar-refractivity contribution is 5.66. The molecule has 4 heteroatoms. The summed E-state index contributed by atoms with van der Waals surface area (Å²) in [6.45, 7) is 3.26. The van der Waals surface area contributed by atoms with Crippen molar-refractivity contribution in [2.45, 2.75) is 26.4 Å². The first-order valence-electron chi connectivity index (χ1n) is 4.71. The molecule has 0 bridgehead atoms. The fourth-order valence-electron chi connectivity index (χ4n) is 1.25. The van der Waals surface area contributed by atoms with E-state index in [-0.39, 0.29) is 12.1 Å². The van der Waals surface area contributed by atoms with E-state index in [4.69, 9.17) is 10.00 Å². The first kappa shape index (κ1) is 11.2. The summed E-state index contributed by atoms with van der Waals surface area (Å²) in [4.78, 5) is 14.9. The number of hydrogen-bond donors (Lipinski definition) is 0. The summed E-state index contributed by atoms with van der Waals surface area (Å²) < 4.78 is 5.07. The fraction of sp³-hybridized carbons (Fsp3) is 0.364. The Hall–Kier alpha value is -1.89. The van der Waals surface area contributed by atoms with Crippen LogP contribution in [0.2, 0.25) is 0 Å². The molecular formula is C11H12N2O2. The number of nitriles is 1. The van der Waals surface area contributed by atoms with Crippen LogP contribution in [-0.2, 0) is 9.53 Å². The van der Waals surface area contributed by atoms with Crippen LogP contribution < -0.4 is 0 Å². The summed E-state index contributed by atoms with van der Waals surface area (Å²) >= 11 is 0. The zero-order chi connectivity index (χ0) is 11.3. The van der Waals surface area contributed by atoms with Crippen LogP contribution >= 0.6 is 0 Å². The van der Waals surface area contributed by atoms with E-state index in [1.807, 2.05) is 13.0 Å². The van der Waals surface area contributed by atoms with Gasteiger partial charge in [-0.25, -0.2) is 4.98 Å². The Morgan fingerprint density at radius 3 is 2.93 bits per heavy atom. The van der Waals surface area contributed by atoms with Crippen molar-refractivity contribution in [1.82, 2.24) is 4.98 Å². The number of aromatic nitrogens is 1. The molecule has 0 fully saturated rings.